The fraction of sp³-hybridized carbons (Fsp3) is 0.190. The van der Waals surface area contributed by atoms with Gasteiger partial charge in [0.15, 0.2) is 0 Å². The van der Waals surface area contributed by atoms with Crippen molar-refractivity contribution in [1.82, 2.24) is 15.3 Å². The van der Waals surface area contributed by atoms with Crippen LogP contribution in [-0.4, -0.2) is 15.9 Å². The van der Waals surface area contributed by atoms with E-state index in [1.54, 1.807) is 6.07 Å². The Morgan fingerprint density at radius 1 is 1.07 bits per heavy atom. The largest absolute Gasteiger partial charge is 0.433 e. The number of nitrogens with zero attached hydrogens (tertiary/aromatic N) is 2. The zero-order valence-corrected chi connectivity index (χ0v) is 15.5. The normalized spacial score (nSPS) is 13.2. The van der Waals surface area contributed by atoms with Gasteiger partial charge in [-0.3, -0.25) is 9.78 Å². The van der Waals surface area contributed by atoms with Crippen LogP contribution in [0.2, 0.25) is 0 Å². The van der Waals surface area contributed by atoms with Crippen LogP contribution in [0, 0.1) is 6.92 Å². The van der Waals surface area contributed by atoms with Crippen LogP contribution in [-0.2, 0) is 19.3 Å². The molecule has 3 heterocycles. The lowest BCUT2D eigenvalue weighted by Crippen LogP contribution is -2.12. The molecule has 2 N–H and O–H groups in total. The number of carbonyl (C=O) groups excluding carboxylic acids is 1. The maximum atomic E-state index is 12.6. The van der Waals surface area contributed by atoms with Gasteiger partial charge < -0.3 is 10.6 Å². The van der Waals surface area contributed by atoms with Crippen molar-refractivity contribution in [1.29, 1.82) is 0 Å². The van der Waals surface area contributed by atoms with Crippen LogP contribution in [0.3, 0.4) is 0 Å². The minimum atomic E-state index is -4.45. The Hall–Kier alpha value is -3.42. The molecule has 1 aliphatic heterocycles. The van der Waals surface area contributed by atoms with Gasteiger partial charge in [0.1, 0.15) is 11.5 Å². The number of hydrogen-bond acceptors (Lipinski definition) is 4. The Labute approximate surface area is 165 Å². The first kappa shape index (κ1) is 18.9. The fourth-order valence-electron chi connectivity index (χ4n) is 3.34. The summed E-state index contributed by atoms with van der Waals surface area (Å²) in [6, 6.07) is 11.7. The first-order valence-electron chi connectivity index (χ1n) is 8.97. The summed E-state index contributed by atoms with van der Waals surface area (Å²) in [4.78, 5) is 19.9. The van der Waals surface area contributed by atoms with Gasteiger partial charge in [-0.1, -0.05) is 18.2 Å². The Kier molecular flexibility index (Phi) is 4.70. The molecule has 0 atom stereocenters. The number of aryl methyl sites for hydroxylation is 1. The number of pyridine rings is 2. The molecule has 1 amide bonds. The van der Waals surface area contributed by atoms with Crippen molar-refractivity contribution in [3.05, 3.63) is 76.7 Å². The van der Waals surface area contributed by atoms with Crippen LogP contribution in [0.1, 0.15) is 32.9 Å². The highest BCUT2D eigenvalue weighted by Crippen LogP contribution is 2.31. The van der Waals surface area contributed by atoms with Gasteiger partial charge in [0, 0.05) is 36.1 Å². The lowest BCUT2D eigenvalue weighted by Gasteiger charge is -2.12. The van der Waals surface area contributed by atoms with Crippen LogP contribution < -0.4 is 10.6 Å². The topological polar surface area (TPSA) is 66.9 Å². The second-order valence-corrected chi connectivity index (χ2v) is 6.75. The van der Waals surface area contributed by atoms with E-state index in [1.165, 1.54) is 12.3 Å². The smallest absolute Gasteiger partial charge is 0.366 e. The van der Waals surface area contributed by atoms with Gasteiger partial charge in [-0.15, -0.1) is 0 Å². The number of amides is 1. The van der Waals surface area contributed by atoms with E-state index in [-0.39, 0.29) is 5.91 Å². The number of aromatic nitrogens is 2. The summed E-state index contributed by atoms with van der Waals surface area (Å²) in [6.07, 6.45) is -3.24. The highest BCUT2D eigenvalue weighted by atomic mass is 19.4. The van der Waals surface area contributed by atoms with Gasteiger partial charge in [0.2, 0.25) is 0 Å². The molecule has 29 heavy (non-hydrogen) atoms. The van der Waals surface area contributed by atoms with Gasteiger partial charge >= 0.3 is 6.18 Å². The number of alkyl halides is 3. The first-order chi connectivity index (χ1) is 13.8. The van der Waals surface area contributed by atoms with Crippen LogP contribution in [0.4, 0.5) is 19.0 Å². The zero-order valence-electron chi connectivity index (χ0n) is 15.5. The highest BCUT2D eigenvalue weighted by Gasteiger charge is 2.32. The van der Waals surface area contributed by atoms with E-state index in [0.29, 0.717) is 30.0 Å². The summed E-state index contributed by atoms with van der Waals surface area (Å²) >= 11 is 0. The molecule has 148 valence electrons. The Bertz CT molecular complexity index is 1080. The standard InChI is InChI=1S/C21H17F3N4O/c1-12-14(15-3-2-4-16-17(15)11-27-20(16)29)6-8-19(28-12)26-10-13-5-7-18(25-9-13)21(22,23)24/h2-9H,10-11H2,1H3,(H,26,28)(H,27,29). The van der Waals surface area contributed by atoms with Gasteiger partial charge in [-0.2, -0.15) is 13.2 Å². The average molecular weight is 398 g/mol. The molecule has 0 saturated carbocycles. The van der Waals surface area contributed by atoms with Gasteiger partial charge in [-0.05, 0) is 47.9 Å². The van der Waals surface area contributed by atoms with Crippen molar-refractivity contribution in [2.24, 2.45) is 0 Å². The molecular weight excluding hydrogens is 381 g/mol. The zero-order chi connectivity index (χ0) is 20.6. The molecular formula is C21H17F3N4O. The molecule has 0 saturated heterocycles. The van der Waals surface area contributed by atoms with E-state index in [2.05, 4.69) is 20.6 Å². The lowest BCUT2D eigenvalue weighted by molar-refractivity contribution is -0.141. The maximum Gasteiger partial charge on any atom is 0.433 e. The SMILES string of the molecule is Cc1nc(NCc2ccc(C(F)(F)F)nc2)ccc1-c1cccc2c1CNC2=O. The number of anilines is 1. The molecule has 4 rings (SSSR count). The molecule has 0 fully saturated rings. The lowest BCUT2D eigenvalue weighted by atomic mass is 9.96. The van der Waals surface area contributed by atoms with Crippen LogP contribution in [0.25, 0.3) is 11.1 Å². The summed E-state index contributed by atoms with van der Waals surface area (Å²) in [6.45, 7) is 2.67. The number of fused-ring (bicyclic) bond motifs is 1. The number of halogens is 3. The summed E-state index contributed by atoms with van der Waals surface area (Å²) < 4.78 is 37.8. The van der Waals surface area contributed by atoms with E-state index in [9.17, 15) is 18.0 Å². The minimum absolute atomic E-state index is 0.0732. The molecule has 5 nitrogen and oxygen atoms in total. The first-order valence-corrected chi connectivity index (χ1v) is 8.97. The molecule has 0 aliphatic carbocycles. The molecule has 0 bridgehead atoms. The second kappa shape index (κ2) is 7.20. The van der Waals surface area contributed by atoms with E-state index in [0.717, 1.165) is 28.5 Å². The average Bonchev–Trinajstić information content (AvgIpc) is 3.07. The Morgan fingerprint density at radius 2 is 1.86 bits per heavy atom. The van der Waals surface area contributed by atoms with Crippen molar-refractivity contribution in [3.63, 3.8) is 0 Å². The number of benzene rings is 1. The third-order valence-corrected chi connectivity index (χ3v) is 4.81. The van der Waals surface area contributed by atoms with Gasteiger partial charge in [-0.25, -0.2) is 4.98 Å². The van der Waals surface area contributed by atoms with E-state index >= 15 is 0 Å². The monoisotopic (exact) mass is 398 g/mol. The summed E-state index contributed by atoms with van der Waals surface area (Å²) in [5, 5.41) is 5.93. The Morgan fingerprint density at radius 3 is 2.55 bits per heavy atom. The molecule has 1 aromatic carbocycles. The van der Waals surface area contributed by atoms with Crippen molar-refractivity contribution >= 4 is 11.7 Å². The summed E-state index contributed by atoms with van der Waals surface area (Å²) in [7, 11) is 0. The fourth-order valence-corrected chi connectivity index (χ4v) is 3.34. The quantitative estimate of drug-likeness (QED) is 0.687. The summed E-state index contributed by atoms with van der Waals surface area (Å²) in [5.41, 5.74) is 4.02. The third-order valence-electron chi connectivity index (χ3n) is 4.81. The van der Waals surface area contributed by atoms with Gasteiger partial charge in [0.05, 0.1) is 0 Å². The molecule has 0 spiro atoms. The minimum Gasteiger partial charge on any atom is -0.366 e. The van der Waals surface area contributed by atoms with Crippen LogP contribution >= 0.6 is 0 Å². The predicted octanol–water partition coefficient (Wildman–Crippen LogP) is 4.33. The molecule has 1 aliphatic rings. The van der Waals surface area contributed by atoms with Crippen molar-refractivity contribution < 1.29 is 18.0 Å². The second-order valence-electron chi connectivity index (χ2n) is 6.75. The van der Waals surface area contributed by atoms with E-state index in [1.807, 2.05) is 31.2 Å². The van der Waals surface area contributed by atoms with Gasteiger partial charge in [0.25, 0.3) is 5.91 Å². The number of nitrogens with one attached hydrogen (secondary N) is 2. The summed E-state index contributed by atoms with van der Waals surface area (Å²) in [5.74, 6) is 0.531. The van der Waals surface area contributed by atoms with Crippen LogP contribution in [0.15, 0.2) is 48.7 Å². The molecule has 0 radical (unpaired) electrons. The molecule has 0 unspecified atom stereocenters. The predicted molar refractivity (Wildman–Crippen MR) is 102 cm³/mol. The Balaban J connectivity index is 1.51. The molecule has 2 aromatic heterocycles. The highest BCUT2D eigenvalue weighted by molar-refractivity contribution is 6.00. The maximum absolute atomic E-state index is 12.6. The van der Waals surface area contributed by atoms with Crippen molar-refractivity contribution in [3.8, 4) is 11.1 Å². The molecule has 8 heteroatoms. The van der Waals surface area contributed by atoms with E-state index in [4.69, 9.17) is 0 Å². The van der Waals surface area contributed by atoms with Crippen molar-refractivity contribution in [2.75, 3.05) is 5.32 Å². The number of rotatable bonds is 4. The van der Waals surface area contributed by atoms with E-state index < -0.39 is 11.9 Å². The number of hydrogen-bond donors (Lipinski definition) is 2. The van der Waals surface area contributed by atoms with Crippen LogP contribution in [0.5, 0.6) is 0 Å². The van der Waals surface area contributed by atoms with Crippen molar-refractivity contribution in [2.45, 2.75) is 26.2 Å². The number of carbonyl (C=O) groups is 1. The third kappa shape index (κ3) is 3.78. The molecule has 3 aromatic rings.